The largest absolute Gasteiger partial charge is 0.309 e. The van der Waals surface area contributed by atoms with Crippen molar-refractivity contribution < 1.29 is 13.2 Å². The van der Waals surface area contributed by atoms with Gasteiger partial charge in [-0.05, 0) is 69.5 Å². The molecule has 0 unspecified atom stereocenters. The van der Waals surface area contributed by atoms with E-state index in [9.17, 15) is 13.2 Å². The summed E-state index contributed by atoms with van der Waals surface area (Å²) in [4.78, 5) is 21.2. The number of aromatic nitrogens is 1. The highest BCUT2D eigenvalue weighted by Crippen LogP contribution is 2.31. The predicted octanol–water partition coefficient (Wildman–Crippen LogP) is 4.89. The molecule has 0 bridgehead atoms. The first-order valence-electron chi connectivity index (χ1n) is 9.15. The lowest BCUT2D eigenvalue weighted by atomic mass is 10.3. The predicted molar refractivity (Wildman–Crippen MR) is 134 cm³/mol. The Balaban J connectivity index is 0.00000341. The molecule has 0 radical (unpaired) electrons. The van der Waals surface area contributed by atoms with Gasteiger partial charge in [0.05, 0.1) is 15.1 Å². The smallest absolute Gasteiger partial charge is 0.244 e. The number of thiazole rings is 1. The third kappa shape index (κ3) is 6.87. The minimum absolute atomic E-state index is 0. The van der Waals surface area contributed by atoms with Gasteiger partial charge in [-0.15, -0.1) is 12.4 Å². The summed E-state index contributed by atoms with van der Waals surface area (Å²) in [6.07, 6.45) is 0.694. The maximum absolute atomic E-state index is 13.1. The van der Waals surface area contributed by atoms with Crippen molar-refractivity contribution in [3.05, 3.63) is 52.0 Å². The van der Waals surface area contributed by atoms with Crippen molar-refractivity contribution >= 4 is 82.4 Å². The number of hydrogen-bond acceptors (Lipinski definition) is 6. The molecular weight excluding hydrogens is 545 g/mol. The Labute approximate surface area is 205 Å². The maximum atomic E-state index is 13.1. The topological polar surface area (TPSA) is 70.6 Å². The molecule has 3 aromatic rings. The standard InChI is InChI=1S/C20H21BrClN3O3S2.ClH/c1-24(2)10-3-11-25(20-23-17-9-4-14(21)12-18(17)29-20)19(26)13-30(27,28)16-7-5-15(22)6-8-16;/h4-9,12H,3,10-11,13H2,1-2H3;1H. The van der Waals surface area contributed by atoms with E-state index in [1.165, 1.54) is 40.5 Å². The van der Waals surface area contributed by atoms with Crippen molar-refractivity contribution in [3.63, 3.8) is 0 Å². The number of rotatable bonds is 8. The van der Waals surface area contributed by atoms with E-state index in [0.717, 1.165) is 21.2 Å². The lowest BCUT2D eigenvalue weighted by Crippen LogP contribution is -2.37. The average molecular weight is 567 g/mol. The summed E-state index contributed by atoms with van der Waals surface area (Å²) in [7, 11) is 0.103. The molecule has 3 rings (SSSR count). The molecule has 0 aliphatic carbocycles. The van der Waals surface area contributed by atoms with Gasteiger partial charge in [-0.1, -0.05) is 38.9 Å². The molecule has 0 atom stereocenters. The zero-order valence-electron chi connectivity index (χ0n) is 16.9. The summed E-state index contributed by atoms with van der Waals surface area (Å²) in [6, 6.07) is 11.5. The Morgan fingerprint density at radius 2 is 1.81 bits per heavy atom. The Bertz CT molecular complexity index is 1150. The van der Waals surface area contributed by atoms with Gasteiger partial charge in [0.25, 0.3) is 0 Å². The highest BCUT2D eigenvalue weighted by molar-refractivity contribution is 9.10. The minimum atomic E-state index is -3.80. The van der Waals surface area contributed by atoms with Crippen LogP contribution in [0.5, 0.6) is 0 Å². The number of carbonyl (C=O) groups is 1. The molecule has 168 valence electrons. The van der Waals surface area contributed by atoms with Gasteiger partial charge in [0.15, 0.2) is 15.0 Å². The number of fused-ring (bicyclic) bond motifs is 1. The fraction of sp³-hybridized carbons (Fsp3) is 0.300. The third-order valence-corrected chi connectivity index (χ3v) is 7.75. The number of sulfone groups is 1. The highest BCUT2D eigenvalue weighted by atomic mass is 79.9. The third-order valence-electron chi connectivity index (χ3n) is 4.34. The second kappa shape index (κ2) is 11.1. The normalized spacial score (nSPS) is 11.5. The lowest BCUT2D eigenvalue weighted by molar-refractivity contribution is -0.116. The van der Waals surface area contributed by atoms with Crippen molar-refractivity contribution in [2.24, 2.45) is 0 Å². The van der Waals surface area contributed by atoms with Gasteiger partial charge >= 0.3 is 0 Å². The van der Waals surface area contributed by atoms with Gasteiger partial charge in [0, 0.05) is 16.0 Å². The number of amides is 1. The van der Waals surface area contributed by atoms with E-state index in [4.69, 9.17) is 11.6 Å². The fourth-order valence-corrected chi connectivity index (χ4v) is 5.72. The number of anilines is 1. The van der Waals surface area contributed by atoms with E-state index < -0.39 is 21.5 Å². The molecule has 1 aromatic heterocycles. The molecule has 31 heavy (non-hydrogen) atoms. The van der Waals surface area contributed by atoms with Crippen LogP contribution in [-0.4, -0.2) is 57.1 Å². The Kier molecular flexibility index (Phi) is 9.29. The minimum Gasteiger partial charge on any atom is -0.309 e. The number of hydrogen-bond donors (Lipinski definition) is 0. The summed E-state index contributed by atoms with van der Waals surface area (Å²) in [5.74, 6) is -1.13. The molecule has 6 nitrogen and oxygen atoms in total. The molecule has 1 heterocycles. The van der Waals surface area contributed by atoms with E-state index in [1.807, 2.05) is 37.2 Å². The van der Waals surface area contributed by atoms with Crippen LogP contribution in [-0.2, 0) is 14.6 Å². The Morgan fingerprint density at radius 1 is 1.13 bits per heavy atom. The van der Waals surface area contributed by atoms with Crippen LogP contribution in [0.2, 0.25) is 5.02 Å². The zero-order valence-corrected chi connectivity index (χ0v) is 21.7. The van der Waals surface area contributed by atoms with Gasteiger partial charge in [-0.2, -0.15) is 0 Å². The zero-order chi connectivity index (χ0) is 21.9. The van der Waals surface area contributed by atoms with E-state index in [-0.39, 0.29) is 17.3 Å². The van der Waals surface area contributed by atoms with Crippen LogP contribution in [0.25, 0.3) is 10.2 Å². The van der Waals surface area contributed by atoms with Gasteiger partial charge in [0.1, 0.15) is 5.75 Å². The molecule has 11 heteroatoms. The SMILES string of the molecule is CN(C)CCCN(C(=O)CS(=O)(=O)c1ccc(Cl)cc1)c1nc2ccc(Br)cc2s1.Cl. The number of benzene rings is 2. The van der Waals surface area contributed by atoms with E-state index in [1.54, 1.807) is 0 Å². The molecular formula is C20H22BrCl2N3O3S2. The number of nitrogens with zero attached hydrogens (tertiary/aromatic N) is 3. The van der Waals surface area contributed by atoms with Gasteiger partial charge in [-0.25, -0.2) is 13.4 Å². The van der Waals surface area contributed by atoms with E-state index >= 15 is 0 Å². The molecule has 0 saturated heterocycles. The highest BCUT2D eigenvalue weighted by Gasteiger charge is 2.26. The fourth-order valence-electron chi connectivity index (χ4n) is 2.84. The molecule has 2 aromatic carbocycles. The molecule has 0 saturated carbocycles. The van der Waals surface area contributed by atoms with Crippen molar-refractivity contribution in [3.8, 4) is 0 Å². The molecule has 0 aliphatic rings. The Hall–Kier alpha value is -1.23. The molecule has 1 amide bonds. The number of carbonyl (C=O) groups excluding carboxylic acids is 1. The van der Waals surface area contributed by atoms with Crippen molar-refractivity contribution in [1.82, 2.24) is 9.88 Å². The maximum Gasteiger partial charge on any atom is 0.244 e. The van der Waals surface area contributed by atoms with Crippen LogP contribution < -0.4 is 4.90 Å². The molecule has 0 aliphatic heterocycles. The first-order valence-corrected chi connectivity index (χ1v) is 12.8. The van der Waals surface area contributed by atoms with Crippen molar-refractivity contribution in [2.75, 3.05) is 37.8 Å². The van der Waals surface area contributed by atoms with E-state index in [0.29, 0.717) is 23.1 Å². The Morgan fingerprint density at radius 3 is 2.45 bits per heavy atom. The van der Waals surface area contributed by atoms with Crippen molar-refractivity contribution in [1.29, 1.82) is 0 Å². The van der Waals surface area contributed by atoms with E-state index in [2.05, 4.69) is 20.9 Å². The summed E-state index contributed by atoms with van der Waals surface area (Å²) >= 11 is 10.7. The van der Waals surface area contributed by atoms with Crippen LogP contribution in [0.3, 0.4) is 0 Å². The molecule has 0 spiro atoms. The summed E-state index contributed by atoms with van der Waals surface area (Å²) < 4.78 is 27.4. The first-order chi connectivity index (χ1) is 14.2. The van der Waals surface area contributed by atoms with Crippen LogP contribution in [0.4, 0.5) is 5.13 Å². The quantitative estimate of drug-likeness (QED) is 0.388. The van der Waals surface area contributed by atoms with Crippen molar-refractivity contribution in [2.45, 2.75) is 11.3 Å². The summed E-state index contributed by atoms with van der Waals surface area (Å²) in [6.45, 7) is 1.15. The summed E-state index contributed by atoms with van der Waals surface area (Å²) in [5, 5.41) is 0.935. The van der Waals surface area contributed by atoms with Gasteiger partial charge in [0.2, 0.25) is 5.91 Å². The lowest BCUT2D eigenvalue weighted by Gasteiger charge is -2.21. The van der Waals surface area contributed by atoms with Crippen LogP contribution >= 0.6 is 51.3 Å². The second-order valence-corrected chi connectivity index (χ2v) is 11.4. The molecule has 0 N–H and O–H groups in total. The van der Waals surface area contributed by atoms with Crippen LogP contribution in [0, 0.1) is 0 Å². The average Bonchev–Trinajstić information content (AvgIpc) is 3.07. The number of halogens is 3. The molecule has 0 fully saturated rings. The monoisotopic (exact) mass is 565 g/mol. The first kappa shape index (κ1) is 26.0. The van der Waals surface area contributed by atoms with Crippen LogP contribution in [0.1, 0.15) is 6.42 Å². The van der Waals surface area contributed by atoms with Gasteiger partial charge in [-0.3, -0.25) is 9.69 Å². The summed E-state index contributed by atoms with van der Waals surface area (Å²) in [5.41, 5.74) is 0.768. The van der Waals surface area contributed by atoms with Gasteiger partial charge < -0.3 is 4.90 Å². The van der Waals surface area contributed by atoms with Crippen LogP contribution in [0.15, 0.2) is 51.8 Å². The second-order valence-electron chi connectivity index (χ2n) is 7.02.